The van der Waals surface area contributed by atoms with Crippen LogP contribution in [0.3, 0.4) is 0 Å². The molecule has 2 nitrogen and oxygen atoms in total. The predicted octanol–water partition coefficient (Wildman–Crippen LogP) is 2.90. The molecule has 0 aliphatic heterocycles. The maximum absolute atomic E-state index is 6.03. The summed E-state index contributed by atoms with van der Waals surface area (Å²) in [5.74, 6) is 0. The maximum atomic E-state index is 6.03. The Bertz CT molecular complexity index is 1050. The van der Waals surface area contributed by atoms with E-state index in [1.807, 2.05) is 25.2 Å². The Hall–Kier alpha value is -2.48. The van der Waals surface area contributed by atoms with Gasteiger partial charge in [-0.1, -0.05) is 31.4 Å². The van der Waals surface area contributed by atoms with Crippen LogP contribution in [0.1, 0.15) is 0 Å². The maximum Gasteiger partial charge on any atom is 0.145 e. The van der Waals surface area contributed by atoms with E-state index in [0.717, 1.165) is 43.4 Å². The Kier molecular flexibility index (Phi) is 1.81. The molecule has 0 spiro atoms. The fourth-order valence-corrected chi connectivity index (χ4v) is 2.84. The SMILES string of the molecule is C=c1c(=C)n(C)c2ccc3c4ccccc4oc3c12. The lowest BCUT2D eigenvalue weighted by Gasteiger charge is -1.96. The molecule has 0 radical (unpaired) electrons. The molecule has 0 atom stereocenters. The average Bonchev–Trinajstić information content (AvgIpc) is 2.91. The van der Waals surface area contributed by atoms with Crippen LogP contribution in [0.4, 0.5) is 0 Å². The molecule has 4 aromatic rings. The summed E-state index contributed by atoms with van der Waals surface area (Å²) < 4.78 is 8.09. The van der Waals surface area contributed by atoms with Crippen molar-refractivity contribution in [3.05, 3.63) is 47.0 Å². The predicted molar refractivity (Wildman–Crippen MR) is 80.5 cm³/mol. The van der Waals surface area contributed by atoms with Gasteiger partial charge in [-0.25, -0.2) is 0 Å². The van der Waals surface area contributed by atoms with Gasteiger partial charge in [0.05, 0.1) is 10.9 Å². The van der Waals surface area contributed by atoms with Crippen LogP contribution in [0.15, 0.2) is 40.8 Å². The van der Waals surface area contributed by atoms with Gasteiger partial charge in [0, 0.05) is 28.4 Å². The van der Waals surface area contributed by atoms with Crippen LogP contribution in [0.2, 0.25) is 0 Å². The molecule has 19 heavy (non-hydrogen) atoms. The smallest absolute Gasteiger partial charge is 0.145 e. The van der Waals surface area contributed by atoms with Gasteiger partial charge in [0.15, 0.2) is 0 Å². The van der Waals surface area contributed by atoms with Crippen molar-refractivity contribution in [2.45, 2.75) is 0 Å². The number of aromatic nitrogens is 1. The van der Waals surface area contributed by atoms with Crippen LogP contribution in [0.5, 0.6) is 0 Å². The molecule has 4 rings (SSSR count). The molecule has 0 saturated carbocycles. The number of furan rings is 1. The van der Waals surface area contributed by atoms with Crippen molar-refractivity contribution in [3.63, 3.8) is 0 Å². The fraction of sp³-hybridized carbons (Fsp3) is 0.0588. The molecule has 0 N–H and O–H groups in total. The number of fused-ring (bicyclic) bond motifs is 5. The number of nitrogens with zero attached hydrogens (tertiary/aromatic N) is 1. The van der Waals surface area contributed by atoms with E-state index in [4.69, 9.17) is 4.42 Å². The number of rotatable bonds is 0. The van der Waals surface area contributed by atoms with Crippen molar-refractivity contribution in [1.82, 2.24) is 4.57 Å². The largest absolute Gasteiger partial charge is 0.455 e. The first-order chi connectivity index (χ1) is 9.18. The summed E-state index contributed by atoms with van der Waals surface area (Å²) in [7, 11) is 2.01. The molecule has 2 aromatic heterocycles. The Morgan fingerprint density at radius 1 is 1.00 bits per heavy atom. The summed E-state index contributed by atoms with van der Waals surface area (Å²) in [5, 5.41) is 5.23. The van der Waals surface area contributed by atoms with E-state index in [9.17, 15) is 0 Å². The van der Waals surface area contributed by atoms with Crippen molar-refractivity contribution in [3.8, 4) is 0 Å². The Morgan fingerprint density at radius 2 is 1.79 bits per heavy atom. The van der Waals surface area contributed by atoms with Gasteiger partial charge in [-0.05, 0) is 18.2 Å². The standard InChI is InChI=1S/C17H13NO/c1-10-11(2)18(3)14-9-8-13-12-6-4-5-7-15(12)19-17(13)16(10)14/h4-9H,1-2H2,3H3. The van der Waals surface area contributed by atoms with Crippen molar-refractivity contribution < 1.29 is 4.42 Å². The van der Waals surface area contributed by atoms with Gasteiger partial charge in [-0.15, -0.1) is 0 Å². The molecule has 2 heterocycles. The van der Waals surface area contributed by atoms with E-state index in [1.54, 1.807) is 0 Å². The lowest BCUT2D eigenvalue weighted by Crippen LogP contribution is -2.24. The summed E-state index contributed by atoms with van der Waals surface area (Å²) in [5.41, 5.74) is 2.94. The van der Waals surface area contributed by atoms with Crippen LogP contribution < -0.4 is 10.6 Å². The topological polar surface area (TPSA) is 18.1 Å². The minimum absolute atomic E-state index is 0.911. The molecular weight excluding hydrogens is 234 g/mol. The van der Waals surface area contributed by atoms with Crippen molar-refractivity contribution >= 4 is 46.0 Å². The zero-order valence-electron chi connectivity index (χ0n) is 10.7. The van der Waals surface area contributed by atoms with Gasteiger partial charge in [-0.2, -0.15) is 0 Å². The van der Waals surface area contributed by atoms with Crippen LogP contribution in [-0.2, 0) is 7.05 Å². The summed E-state index contributed by atoms with van der Waals surface area (Å²) in [6.07, 6.45) is 0. The normalized spacial score (nSPS) is 11.8. The highest BCUT2D eigenvalue weighted by Gasteiger charge is 2.12. The number of aryl methyl sites for hydroxylation is 1. The van der Waals surface area contributed by atoms with Gasteiger partial charge in [0.25, 0.3) is 0 Å². The first kappa shape index (κ1) is 10.4. The Morgan fingerprint density at radius 3 is 2.63 bits per heavy atom. The van der Waals surface area contributed by atoms with E-state index in [0.29, 0.717) is 0 Å². The molecule has 0 fully saturated rings. The molecule has 92 valence electrons. The van der Waals surface area contributed by atoms with Gasteiger partial charge >= 0.3 is 0 Å². The highest BCUT2D eigenvalue weighted by Crippen LogP contribution is 2.31. The Labute approximate surface area is 109 Å². The van der Waals surface area contributed by atoms with Gasteiger partial charge in [-0.3, -0.25) is 0 Å². The summed E-state index contributed by atoms with van der Waals surface area (Å²) in [6.45, 7) is 8.22. The number of hydrogen-bond acceptors (Lipinski definition) is 1. The second kappa shape index (κ2) is 3.29. The second-order valence-electron chi connectivity index (χ2n) is 4.92. The first-order valence-corrected chi connectivity index (χ1v) is 6.25. The van der Waals surface area contributed by atoms with E-state index in [2.05, 4.69) is 35.9 Å². The molecule has 0 aliphatic carbocycles. The molecular formula is C17H13NO. The van der Waals surface area contributed by atoms with E-state index < -0.39 is 0 Å². The van der Waals surface area contributed by atoms with E-state index >= 15 is 0 Å². The Balaban J connectivity index is 2.42. The van der Waals surface area contributed by atoms with Crippen LogP contribution in [0, 0.1) is 0 Å². The third kappa shape index (κ3) is 1.16. The van der Waals surface area contributed by atoms with E-state index in [1.165, 1.54) is 0 Å². The average molecular weight is 247 g/mol. The van der Waals surface area contributed by atoms with Gasteiger partial charge in [0.2, 0.25) is 0 Å². The zero-order chi connectivity index (χ0) is 13.1. The molecule has 0 saturated heterocycles. The van der Waals surface area contributed by atoms with Gasteiger partial charge in [0.1, 0.15) is 11.2 Å². The second-order valence-corrected chi connectivity index (χ2v) is 4.92. The van der Waals surface area contributed by atoms with Crippen molar-refractivity contribution in [2.24, 2.45) is 7.05 Å². The molecule has 2 heteroatoms. The summed E-state index contributed by atoms with van der Waals surface area (Å²) in [4.78, 5) is 0. The highest BCUT2D eigenvalue weighted by molar-refractivity contribution is 6.14. The summed E-state index contributed by atoms with van der Waals surface area (Å²) >= 11 is 0. The van der Waals surface area contributed by atoms with Crippen LogP contribution in [0.25, 0.3) is 46.0 Å². The lowest BCUT2D eigenvalue weighted by atomic mass is 10.1. The van der Waals surface area contributed by atoms with Crippen LogP contribution >= 0.6 is 0 Å². The van der Waals surface area contributed by atoms with Crippen molar-refractivity contribution in [2.75, 3.05) is 0 Å². The number of para-hydroxylation sites is 1. The summed E-state index contributed by atoms with van der Waals surface area (Å²) in [6, 6.07) is 12.3. The third-order valence-corrected chi connectivity index (χ3v) is 3.94. The lowest BCUT2D eigenvalue weighted by molar-refractivity contribution is 0.672. The number of hydrogen-bond donors (Lipinski definition) is 0. The first-order valence-electron chi connectivity index (χ1n) is 6.25. The minimum atomic E-state index is 0.911. The quantitative estimate of drug-likeness (QED) is 0.467. The molecule has 0 aliphatic rings. The highest BCUT2D eigenvalue weighted by atomic mass is 16.3. The van der Waals surface area contributed by atoms with Gasteiger partial charge < -0.3 is 8.98 Å². The molecule has 0 unspecified atom stereocenters. The monoisotopic (exact) mass is 247 g/mol. The molecule has 2 aromatic carbocycles. The fourth-order valence-electron chi connectivity index (χ4n) is 2.84. The zero-order valence-corrected chi connectivity index (χ0v) is 10.7. The van der Waals surface area contributed by atoms with Crippen molar-refractivity contribution in [1.29, 1.82) is 0 Å². The third-order valence-electron chi connectivity index (χ3n) is 3.94. The molecule has 0 amide bonds. The minimum Gasteiger partial charge on any atom is -0.455 e. The van der Waals surface area contributed by atoms with Crippen LogP contribution in [-0.4, -0.2) is 4.57 Å². The molecule has 0 bridgehead atoms. The van der Waals surface area contributed by atoms with E-state index in [-0.39, 0.29) is 0 Å². The number of benzene rings is 2.